The van der Waals surface area contributed by atoms with Gasteiger partial charge in [0.05, 0.1) is 0 Å². The number of alkyl halides is 3. The molecule has 0 unspecified atom stereocenters. The van der Waals surface area contributed by atoms with Crippen LogP contribution in [0.2, 0.25) is 0 Å². The summed E-state index contributed by atoms with van der Waals surface area (Å²) >= 11 is 0. The molecule has 1 aliphatic heterocycles. The van der Waals surface area contributed by atoms with Crippen molar-refractivity contribution in [3.05, 3.63) is 30.3 Å². The minimum Gasteiger partial charge on any atom is -0.345 e. The van der Waals surface area contributed by atoms with Gasteiger partial charge >= 0.3 is 12.2 Å². The van der Waals surface area contributed by atoms with Crippen molar-refractivity contribution in [1.29, 1.82) is 0 Å². The monoisotopic (exact) mass is 301 g/mol. The zero-order valence-electron chi connectivity index (χ0n) is 11.1. The number of amides is 3. The highest BCUT2D eigenvalue weighted by Crippen LogP contribution is 2.19. The molecule has 1 heterocycles. The first kappa shape index (κ1) is 15.1. The maximum atomic E-state index is 12.1. The Hall–Kier alpha value is -2.25. The van der Waals surface area contributed by atoms with E-state index in [1.165, 1.54) is 9.80 Å². The van der Waals surface area contributed by atoms with Crippen LogP contribution in [0, 0.1) is 0 Å². The smallest absolute Gasteiger partial charge is 0.345 e. The van der Waals surface area contributed by atoms with Crippen molar-refractivity contribution >= 4 is 17.6 Å². The summed E-state index contributed by atoms with van der Waals surface area (Å²) in [6.07, 6.45) is -4.46. The third-order valence-corrected chi connectivity index (χ3v) is 2.98. The summed E-state index contributed by atoms with van der Waals surface area (Å²) in [5.41, 5.74) is 0.695. The number of hydrogen-bond acceptors (Lipinski definition) is 2. The average molecular weight is 301 g/mol. The van der Waals surface area contributed by atoms with Crippen molar-refractivity contribution in [2.45, 2.75) is 6.18 Å². The van der Waals surface area contributed by atoms with E-state index in [0.29, 0.717) is 18.8 Å². The van der Waals surface area contributed by atoms with E-state index in [4.69, 9.17) is 0 Å². The Morgan fingerprint density at radius 1 is 1.19 bits per heavy atom. The van der Waals surface area contributed by atoms with E-state index in [9.17, 15) is 22.8 Å². The number of benzene rings is 1. The molecular weight excluding hydrogens is 287 g/mol. The van der Waals surface area contributed by atoms with Crippen LogP contribution < -0.4 is 10.2 Å². The van der Waals surface area contributed by atoms with Crippen LogP contribution in [0.3, 0.4) is 0 Å². The van der Waals surface area contributed by atoms with Gasteiger partial charge in [0.1, 0.15) is 13.1 Å². The van der Waals surface area contributed by atoms with Crippen molar-refractivity contribution in [2.75, 3.05) is 31.1 Å². The summed E-state index contributed by atoms with van der Waals surface area (Å²) in [5, 5.41) is 1.75. The van der Waals surface area contributed by atoms with Gasteiger partial charge in [0.2, 0.25) is 5.91 Å². The Kier molecular flexibility index (Phi) is 4.35. The van der Waals surface area contributed by atoms with Gasteiger partial charge in [0, 0.05) is 18.8 Å². The summed E-state index contributed by atoms with van der Waals surface area (Å²) in [5.74, 6) is -0.824. The Bertz CT molecular complexity index is 519. The fourth-order valence-electron chi connectivity index (χ4n) is 2.00. The summed E-state index contributed by atoms with van der Waals surface area (Å²) in [6.45, 7) is -1.07. The molecule has 8 heteroatoms. The molecule has 1 aromatic carbocycles. The fraction of sp³-hybridized carbons (Fsp3) is 0.385. The molecule has 1 N–H and O–H groups in total. The van der Waals surface area contributed by atoms with Gasteiger partial charge in [-0.3, -0.25) is 9.69 Å². The van der Waals surface area contributed by atoms with Crippen LogP contribution in [0.1, 0.15) is 0 Å². The number of para-hydroxylation sites is 1. The molecule has 0 aliphatic carbocycles. The zero-order valence-corrected chi connectivity index (χ0v) is 11.1. The van der Waals surface area contributed by atoms with E-state index < -0.39 is 18.6 Å². The highest BCUT2D eigenvalue weighted by molar-refractivity contribution is 5.96. The second-order valence-corrected chi connectivity index (χ2v) is 4.58. The van der Waals surface area contributed by atoms with Crippen LogP contribution in [0.25, 0.3) is 0 Å². The van der Waals surface area contributed by atoms with Gasteiger partial charge in [-0.1, -0.05) is 18.2 Å². The van der Waals surface area contributed by atoms with Gasteiger partial charge in [-0.25, -0.2) is 4.79 Å². The second-order valence-electron chi connectivity index (χ2n) is 4.58. The van der Waals surface area contributed by atoms with Crippen molar-refractivity contribution in [3.63, 3.8) is 0 Å². The molecule has 0 spiro atoms. The number of rotatable bonds is 4. The van der Waals surface area contributed by atoms with Crippen LogP contribution >= 0.6 is 0 Å². The van der Waals surface area contributed by atoms with Crippen LogP contribution in [-0.4, -0.2) is 49.2 Å². The molecular formula is C13H14F3N3O2. The van der Waals surface area contributed by atoms with Gasteiger partial charge in [-0.05, 0) is 12.1 Å². The lowest BCUT2D eigenvalue weighted by Crippen LogP contribution is -2.42. The number of carbonyl (C=O) groups excluding carboxylic acids is 2. The Morgan fingerprint density at radius 2 is 1.86 bits per heavy atom. The van der Waals surface area contributed by atoms with Crippen LogP contribution in [0.15, 0.2) is 30.3 Å². The van der Waals surface area contributed by atoms with E-state index in [2.05, 4.69) is 0 Å². The standard InChI is InChI=1S/C13H14F3N3O2/c14-13(15,16)9-17-11(20)8-18-6-7-19(12(18)21)10-4-2-1-3-5-10/h1-5H,6-9H2,(H,17,20). The highest BCUT2D eigenvalue weighted by atomic mass is 19.4. The first-order valence-electron chi connectivity index (χ1n) is 6.32. The molecule has 0 bridgehead atoms. The summed E-state index contributed by atoms with van der Waals surface area (Å²) in [4.78, 5) is 26.2. The first-order chi connectivity index (χ1) is 9.87. The summed E-state index contributed by atoms with van der Waals surface area (Å²) < 4.78 is 36.0. The van der Waals surface area contributed by atoms with Gasteiger partial charge in [-0.15, -0.1) is 0 Å². The first-order valence-corrected chi connectivity index (χ1v) is 6.32. The van der Waals surface area contributed by atoms with E-state index in [1.807, 2.05) is 6.07 Å². The third-order valence-electron chi connectivity index (χ3n) is 2.98. The molecule has 1 fully saturated rings. The number of urea groups is 1. The molecule has 0 radical (unpaired) electrons. The SMILES string of the molecule is O=C(CN1CCN(c2ccccc2)C1=O)NCC(F)(F)F. The predicted octanol–water partition coefficient (Wildman–Crippen LogP) is 1.61. The molecule has 1 saturated heterocycles. The van der Waals surface area contributed by atoms with Crippen LogP contribution in [0.4, 0.5) is 23.7 Å². The normalized spacial score (nSPS) is 15.5. The average Bonchev–Trinajstić information content (AvgIpc) is 2.78. The van der Waals surface area contributed by atoms with Crippen LogP contribution in [0.5, 0.6) is 0 Å². The molecule has 0 atom stereocenters. The molecule has 5 nitrogen and oxygen atoms in total. The van der Waals surface area contributed by atoms with E-state index >= 15 is 0 Å². The summed E-state index contributed by atoms with van der Waals surface area (Å²) in [7, 11) is 0. The topological polar surface area (TPSA) is 52.7 Å². The van der Waals surface area contributed by atoms with Crippen LogP contribution in [-0.2, 0) is 4.79 Å². The quantitative estimate of drug-likeness (QED) is 0.918. The molecule has 2 rings (SSSR count). The van der Waals surface area contributed by atoms with Gasteiger partial charge in [-0.2, -0.15) is 13.2 Å². The van der Waals surface area contributed by atoms with Crippen molar-refractivity contribution in [2.24, 2.45) is 0 Å². The van der Waals surface area contributed by atoms with Crippen molar-refractivity contribution in [1.82, 2.24) is 10.2 Å². The zero-order chi connectivity index (χ0) is 15.5. The largest absolute Gasteiger partial charge is 0.405 e. The third kappa shape index (κ3) is 4.11. The molecule has 21 heavy (non-hydrogen) atoms. The van der Waals surface area contributed by atoms with Gasteiger partial charge in [0.25, 0.3) is 0 Å². The lowest BCUT2D eigenvalue weighted by Gasteiger charge is -2.18. The predicted molar refractivity (Wildman–Crippen MR) is 69.8 cm³/mol. The maximum absolute atomic E-state index is 12.1. The number of halogens is 3. The number of carbonyl (C=O) groups is 2. The number of nitrogens with one attached hydrogen (secondary N) is 1. The van der Waals surface area contributed by atoms with Gasteiger partial charge in [0.15, 0.2) is 0 Å². The van der Waals surface area contributed by atoms with Crippen molar-refractivity contribution in [3.8, 4) is 0 Å². The molecule has 1 aliphatic rings. The Balaban J connectivity index is 1.89. The van der Waals surface area contributed by atoms with Crippen molar-refractivity contribution < 1.29 is 22.8 Å². The van der Waals surface area contributed by atoms with E-state index in [0.717, 1.165) is 0 Å². The highest BCUT2D eigenvalue weighted by Gasteiger charge is 2.32. The minimum atomic E-state index is -4.46. The maximum Gasteiger partial charge on any atom is 0.405 e. The lowest BCUT2D eigenvalue weighted by atomic mass is 10.3. The number of hydrogen-bond donors (Lipinski definition) is 1. The second kappa shape index (κ2) is 6.02. The molecule has 1 aromatic rings. The molecule has 114 valence electrons. The van der Waals surface area contributed by atoms with Gasteiger partial charge < -0.3 is 10.2 Å². The number of nitrogens with zero attached hydrogens (tertiary/aromatic N) is 2. The molecule has 3 amide bonds. The summed E-state index contributed by atoms with van der Waals surface area (Å²) in [6, 6.07) is 8.49. The molecule has 0 aromatic heterocycles. The van der Waals surface area contributed by atoms with E-state index in [-0.39, 0.29) is 12.6 Å². The van der Waals surface area contributed by atoms with E-state index in [1.54, 1.807) is 29.6 Å². The fourth-order valence-corrected chi connectivity index (χ4v) is 2.00. The number of anilines is 1. The minimum absolute atomic E-state index is 0.299. The lowest BCUT2D eigenvalue weighted by molar-refractivity contribution is -0.138. The Morgan fingerprint density at radius 3 is 2.48 bits per heavy atom. The Labute approximate surface area is 119 Å². The molecule has 0 saturated carbocycles.